The van der Waals surface area contributed by atoms with Gasteiger partial charge in [-0.25, -0.2) is 4.98 Å². The average molecular weight is 412 g/mol. The van der Waals surface area contributed by atoms with Crippen molar-refractivity contribution in [2.24, 2.45) is 5.92 Å². The fourth-order valence-electron chi connectivity index (χ4n) is 3.56. The molecule has 0 bridgehead atoms. The first kappa shape index (κ1) is 20.2. The number of anilines is 1. The number of nitrogens with zero attached hydrogens (tertiary/aromatic N) is 4. The summed E-state index contributed by atoms with van der Waals surface area (Å²) in [6, 6.07) is 3.84. The molecule has 1 aromatic carbocycles. The number of amides is 1. The summed E-state index contributed by atoms with van der Waals surface area (Å²) < 4.78 is 13.4. The molecule has 0 atom stereocenters. The minimum absolute atomic E-state index is 0.115. The van der Waals surface area contributed by atoms with E-state index in [0.29, 0.717) is 55.1 Å². The molecule has 9 nitrogen and oxygen atoms in total. The van der Waals surface area contributed by atoms with E-state index in [0.717, 1.165) is 36.2 Å². The molecule has 30 heavy (non-hydrogen) atoms. The van der Waals surface area contributed by atoms with Crippen LogP contribution in [0.4, 0.5) is 5.82 Å². The van der Waals surface area contributed by atoms with Gasteiger partial charge in [-0.15, -0.1) is 10.2 Å². The molecule has 0 saturated heterocycles. The van der Waals surface area contributed by atoms with Crippen molar-refractivity contribution in [2.75, 3.05) is 31.6 Å². The van der Waals surface area contributed by atoms with Gasteiger partial charge in [0, 0.05) is 31.6 Å². The van der Waals surface area contributed by atoms with Crippen LogP contribution < -0.4 is 20.1 Å². The Kier molecular flexibility index (Phi) is 5.87. The number of hydrogen-bond acceptors (Lipinski definition) is 7. The van der Waals surface area contributed by atoms with Gasteiger partial charge in [-0.05, 0) is 25.7 Å². The summed E-state index contributed by atoms with van der Waals surface area (Å²) in [7, 11) is 0. The van der Waals surface area contributed by atoms with Crippen molar-refractivity contribution in [1.82, 2.24) is 24.9 Å². The molecule has 2 aromatic heterocycles. The molecular weight excluding hydrogens is 384 g/mol. The van der Waals surface area contributed by atoms with Gasteiger partial charge >= 0.3 is 0 Å². The highest BCUT2D eigenvalue weighted by Gasteiger charge is 2.18. The van der Waals surface area contributed by atoms with Crippen LogP contribution in [0.25, 0.3) is 16.7 Å². The summed E-state index contributed by atoms with van der Waals surface area (Å²) in [5, 5.41) is 14.9. The van der Waals surface area contributed by atoms with E-state index >= 15 is 0 Å². The number of unbranched alkanes of at least 4 members (excludes halogenated alkanes) is 1. The Morgan fingerprint density at radius 1 is 1.13 bits per heavy atom. The summed E-state index contributed by atoms with van der Waals surface area (Å²) in [4.78, 5) is 16.5. The van der Waals surface area contributed by atoms with Crippen LogP contribution in [0.15, 0.2) is 12.1 Å². The molecule has 0 radical (unpaired) electrons. The summed E-state index contributed by atoms with van der Waals surface area (Å²) in [5.74, 6) is 3.37. The highest BCUT2D eigenvalue weighted by Crippen LogP contribution is 2.35. The number of benzene rings is 1. The number of nitrogens with one attached hydrogen (secondary N) is 2. The molecular formula is C21H28N6O3. The molecule has 3 heterocycles. The average Bonchev–Trinajstić information content (AvgIpc) is 3.10. The molecule has 0 aliphatic carbocycles. The standard InChI is InChI=1S/C21H28N6O3/c1-13(2)10-19(28)22-6-4-5-7-23-20-21-26-25-14(3)27(21)16-12-18-17(11-15(16)24-20)29-8-9-30-18/h11-13H,4-10H2,1-3H3,(H,22,28)(H,23,24). The second-order valence-electron chi connectivity index (χ2n) is 7.93. The first-order valence-electron chi connectivity index (χ1n) is 10.5. The maximum atomic E-state index is 11.7. The number of ether oxygens (including phenoxy) is 2. The number of rotatable bonds is 8. The number of carbonyl (C=O) groups excluding carboxylic acids is 1. The molecule has 1 aliphatic heterocycles. The van der Waals surface area contributed by atoms with Crippen LogP contribution >= 0.6 is 0 Å². The van der Waals surface area contributed by atoms with Crippen molar-refractivity contribution >= 4 is 28.4 Å². The predicted octanol–water partition coefficient (Wildman–Crippen LogP) is 2.71. The Labute approximate surface area is 175 Å². The van der Waals surface area contributed by atoms with Gasteiger partial charge < -0.3 is 20.1 Å². The van der Waals surface area contributed by atoms with Gasteiger partial charge in [-0.3, -0.25) is 9.20 Å². The molecule has 0 unspecified atom stereocenters. The summed E-state index contributed by atoms with van der Waals surface area (Å²) in [6.07, 6.45) is 2.37. The number of hydrogen-bond donors (Lipinski definition) is 2. The van der Waals surface area contributed by atoms with E-state index in [2.05, 4.69) is 20.8 Å². The van der Waals surface area contributed by atoms with E-state index in [1.54, 1.807) is 0 Å². The summed E-state index contributed by atoms with van der Waals surface area (Å²) in [6.45, 7) is 8.48. The number of aromatic nitrogens is 4. The lowest BCUT2D eigenvalue weighted by Gasteiger charge is -2.19. The lowest BCUT2D eigenvalue weighted by molar-refractivity contribution is -0.121. The lowest BCUT2D eigenvalue weighted by atomic mass is 10.1. The van der Waals surface area contributed by atoms with Crippen molar-refractivity contribution in [1.29, 1.82) is 0 Å². The Morgan fingerprint density at radius 2 is 1.87 bits per heavy atom. The van der Waals surface area contributed by atoms with Gasteiger partial charge in [0.05, 0.1) is 11.0 Å². The molecule has 0 spiro atoms. The molecule has 1 amide bonds. The molecule has 3 aromatic rings. The van der Waals surface area contributed by atoms with Crippen LogP contribution in [0.2, 0.25) is 0 Å². The predicted molar refractivity (Wildman–Crippen MR) is 114 cm³/mol. The highest BCUT2D eigenvalue weighted by atomic mass is 16.6. The zero-order valence-corrected chi connectivity index (χ0v) is 17.7. The van der Waals surface area contributed by atoms with Gasteiger partial charge in [0.2, 0.25) is 11.6 Å². The molecule has 160 valence electrons. The van der Waals surface area contributed by atoms with Crippen molar-refractivity contribution < 1.29 is 14.3 Å². The van der Waals surface area contributed by atoms with E-state index in [9.17, 15) is 4.79 Å². The molecule has 0 fully saturated rings. The van der Waals surface area contributed by atoms with Gasteiger partial charge in [0.1, 0.15) is 19.0 Å². The third-order valence-electron chi connectivity index (χ3n) is 4.96. The Bertz CT molecular complexity index is 1060. The topological polar surface area (TPSA) is 103 Å². The largest absolute Gasteiger partial charge is 0.486 e. The van der Waals surface area contributed by atoms with E-state index in [1.165, 1.54) is 0 Å². The molecule has 2 N–H and O–H groups in total. The molecule has 0 saturated carbocycles. The highest BCUT2D eigenvalue weighted by molar-refractivity contribution is 5.86. The maximum Gasteiger partial charge on any atom is 0.220 e. The minimum atomic E-state index is 0.115. The van der Waals surface area contributed by atoms with Crippen molar-refractivity contribution in [3.63, 3.8) is 0 Å². The van der Waals surface area contributed by atoms with Gasteiger partial charge in [0.15, 0.2) is 17.3 Å². The zero-order chi connectivity index (χ0) is 21.1. The SMILES string of the molecule is Cc1nnc2c(NCCCCNC(=O)CC(C)C)nc3cc4c(cc3n12)OCCO4. The van der Waals surface area contributed by atoms with Crippen LogP contribution in [0.1, 0.15) is 38.9 Å². The lowest BCUT2D eigenvalue weighted by Crippen LogP contribution is -2.25. The van der Waals surface area contributed by atoms with E-state index in [1.807, 2.05) is 37.3 Å². The van der Waals surface area contributed by atoms with E-state index < -0.39 is 0 Å². The Balaban J connectivity index is 1.45. The van der Waals surface area contributed by atoms with Crippen molar-refractivity contribution in [3.8, 4) is 11.5 Å². The summed E-state index contributed by atoms with van der Waals surface area (Å²) in [5.41, 5.74) is 2.36. The quantitative estimate of drug-likeness (QED) is 0.548. The van der Waals surface area contributed by atoms with Gasteiger partial charge in [0.25, 0.3) is 0 Å². The molecule has 9 heteroatoms. The minimum Gasteiger partial charge on any atom is -0.486 e. The van der Waals surface area contributed by atoms with E-state index in [-0.39, 0.29) is 5.91 Å². The summed E-state index contributed by atoms with van der Waals surface area (Å²) >= 11 is 0. The fraction of sp³-hybridized carbons (Fsp3) is 0.524. The third kappa shape index (κ3) is 4.24. The smallest absolute Gasteiger partial charge is 0.220 e. The molecule has 4 rings (SSSR count). The van der Waals surface area contributed by atoms with Crippen LogP contribution in [0.3, 0.4) is 0 Å². The number of carbonyl (C=O) groups is 1. The van der Waals surface area contributed by atoms with Gasteiger partial charge in [-0.1, -0.05) is 13.8 Å². The van der Waals surface area contributed by atoms with Crippen LogP contribution in [-0.4, -0.2) is 51.8 Å². The van der Waals surface area contributed by atoms with Gasteiger partial charge in [-0.2, -0.15) is 0 Å². The molecule has 1 aliphatic rings. The second kappa shape index (κ2) is 8.73. The zero-order valence-electron chi connectivity index (χ0n) is 17.7. The fourth-order valence-corrected chi connectivity index (χ4v) is 3.56. The number of aryl methyl sites for hydroxylation is 1. The van der Waals surface area contributed by atoms with Crippen molar-refractivity contribution in [2.45, 2.75) is 40.0 Å². The normalized spacial score (nSPS) is 13.2. The van der Waals surface area contributed by atoms with E-state index in [4.69, 9.17) is 14.5 Å². The van der Waals surface area contributed by atoms with Crippen LogP contribution in [0.5, 0.6) is 11.5 Å². The van der Waals surface area contributed by atoms with Crippen LogP contribution in [-0.2, 0) is 4.79 Å². The van der Waals surface area contributed by atoms with Crippen molar-refractivity contribution in [3.05, 3.63) is 18.0 Å². The Hall–Kier alpha value is -3.10. The third-order valence-corrected chi connectivity index (χ3v) is 4.96. The second-order valence-corrected chi connectivity index (χ2v) is 7.93. The first-order chi connectivity index (χ1) is 14.5. The first-order valence-corrected chi connectivity index (χ1v) is 10.5. The van der Waals surface area contributed by atoms with Crippen LogP contribution in [0, 0.1) is 12.8 Å². The number of fused-ring (bicyclic) bond motifs is 4. The monoisotopic (exact) mass is 412 g/mol. The maximum absolute atomic E-state index is 11.7. The Morgan fingerprint density at radius 3 is 2.63 bits per heavy atom.